The minimum absolute atomic E-state index is 0.659. The molecule has 1 fully saturated rings. The van der Waals surface area contributed by atoms with Crippen LogP contribution in [0.25, 0.3) is 0 Å². The first kappa shape index (κ1) is 13.9. The molecule has 1 heterocycles. The van der Waals surface area contributed by atoms with Gasteiger partial charge in [-0.1, -0.05) is 31.4 Å². The predicted octanol–water partition coefficient (Wildman–Crippen LogP) is 3.74. The van der Waals surface area contributed by atoms with Crippen LogP contribution < -0.4 is 10.2 Å². The lowest BCUT2D eigenvalue weighted by atomic mass is 9.84. The Bertz CT molecular complexity index is 449. The molecule has 1 atom stereocenters. The van der Waals surface area contributed by atoms with Crippen molar-refractivity contribution in [2.75, 3.05) is 18.5 Å². The molecule has 0 unspecified atom stereocenters. The van der Waals surface area contributed by atoms with E-state index in [1.54, 1.807) is 0 Å². The molecule has 1 aromatic carbocycles. The molecular weight excluding hydrogens is 244 g/mol. The summed E-state index contributed by atoms with van der Waals surface area (Å²) in [7, 11) is 2.19. The van der Waals surface area contributed by atoms with E-state index in [-0.39, 0.29) is 0 Å². The van der Waals surface area contributed by atoms with Gasteiger partial charge in [-0.25, -0.2) is 0 Å². The molecule has 2 aliphatic rings. The maximum Gasteiger partial charge on any atom is 0.0397 e. The maximum atomic E-state index is 3.76. The van der Waals surface area contributed by atoms with Crippen molar-refractivity contribution in [2.24, 2.45) is 5.92 Å². The zero-order valence-corrected chi connectivity index (χ0v) is 13.0. The molecule has 0 amide bonds. The van der Waals surface area contributed by atoms with Crippen molar-refractivity contribution in [2.45, 2.75) is 58.0 Å². The fourth-order valence-electron chi connectivity index (χ4n) is 3.81. The van der Waals surface area contributed by atoms with E-state index in [1.807, 2.05) is 0 Å². The molecule has 0 bridgehead atoms. The third-order valence-corrected chi connectivity index (χ3v) is 5.26. The second-order valence-corrected chi connectivity index (χ2v) is 6.70. The zero-order valence-electron chi connectivity index (χ0n) is 13.0. The number of rotatable bonds is 4. The molecule has 0 radical (unpaired) electrons. The molecule has 0 spiro atoms. The van der Waals surface area contributed by atoms with E-state index >= 15 is 0 Å². The Kier molecular flexibility index (Phi) is 4.30. The van der Waals surface area contributed by atoms with E-state index in [1.165, 1.54) is 61.9 Å². The third kappa shape index (κ3) is 3.01. The van der Waals surface area contributed by atoms with Crippen molar-refractivity contribution in [3.63, 3.8) is 0 Å². The van der Waals surface area contributed by atoms with Crippen molar-refractivity contribution in [3.8, 4) is 0 Å². The molecule has 1 aromatic rings. The first-order valence-corrected chi connectivity index (χ1v) is 8.30. The van der Waals surface area contributed by atoms with Gasteiger partial charge >= 0.3 is 0 Å². The number of nitrogens with one attached hydrogen (secondary N) is 1. The highest BCUT2D eigenvalue weighted by molar-refractivity contribution is 5.58. The van der Waals surface area contributed by atoms with Gasteiger partial charge in [0.1, 0.15) is 0 Å². The summed E-state index contributed by atoms with van der Waals surface area (Å²) in [5.41, 5.74) is 4.40. The molecule has 1 aliphatic carbocycles. The van der Waals surface area contributed by atoms with Gasteiger partial charge in [-0.2, -0.15) is 0 Å². The second kappa shape index (κ2) is 6.17. The summed E-state index contributed by atoms with van der Waals surface area (Å²) in [5.74, 6) is 0.893. The van der Waals surface area contributed by atoms with E-state index in [2.05, 4.69) is 42.4 Å². The first-order chi connectivity index (χ1) is 9.74. The van der Waals surface area contributed by atoms with Crippen LogP contribution >= 0.6 is 0 Å². The standard InChI is InChI=1S/C18H28N2/c1-14(16-6-4-3-5-7-16)19-13-15-8-9-18-17(12-15)10-11-20(18)2/h8-9,12,14,16,19H,3-7,10-11,13H2,1-2H3/t14-/m1/s1. The quantitative estimate of drug-likeness (QED) is 0.898. The topological polar surface area (TPSA) is 15.3 Å². The highest BCUT2D eigenvalue weighted by Gasteiger charge is 2.20. The van der Waals surface area contributed by atoms with Crippen LogP contribution in [0.1, 0.15) is 50.2 Å². The lowest BCUT2D eigenvalue weighted by Crippen LogP contribution is -2.34. The van der Waals surface area contributed by atoms with Crippen molar-refractivity contribution < 1.29 is 0 Å². The third-order valence-electron chi connectivity index (χ3n) is 5.26. The summed E-state index contributed by atoms with van der Waals surface area (Å²) in [4.78, 5) is 2.36. The van der Waals surface area contributed by atoms with E-state index in [4.69, 9.17) is 0 Å². The Morgan fingerprint density at radius 1 is 1.25 bits per heavy atom. The lowest BCUT2D eigenvalue weighted by Gasteiger charge is -2.28. The summed E-state index contributed by atoms with van der Waals surface area (Å²) in [6, 6.07) is 7.65. The highest BCUT2D eigenvalue weighted by Crippen LogP contribution is 2.28. The van der Waals surface area contributed by atoms with Gasteiger partial charge < -0.3 is 10.2 Å². The van der Waals surface area contributed by atoms with Gasteiger partial charge in [0.05, 0.1) is 0 Å². The molecule has 110 valence electrons. The zero-order chi connectivity index (χ0) is 13.9. The fraction of sp³-hybridized carbons (Fsp3) is 0.667. The van der Waals surface area contributed by atoms with Gasteiger partial charge in [-0.05, 0) is 49.3 Å². The minimum Gasteiger partial charge on any atom is -0.374 e. The van der Waals surface area contributed by atoms with Crippen molar-refractivity contribution in [1.29, 1.82) is 0 Å². The monoisotopic (exact) mass is 272 g/mol. The largest absolute Gasteiger partial charge is 0.374 e. The molecular formula is C18H28N2. The number of likely N-dealkylation sites (N-methyl/N-ethyl adjacent to an activating group) is 1. The number of hydrogen-bond acceptors (Lipinski definition) is 2. The van der Waals surface area contributed by atoms with E-state index in [0.29, 0.717) is 6.04 Å². The number of fused-ring (bicyclic) bond motifs is 1. The predicted molar refractivity (Wildman–Crippen MR) is 86.3 cm³/mol. The molecule has 0 saturated heterocycles. The van der Waals surface area contributed by atoms with Crippen LogP contribution in [0.2, 0.25) is 0 Å². The molecule has 3 rings (SSSR count). The molecule has 1 N–H and O–H groups in total. The smallest absolute Gasteiger partial charge is 0.0397 e. The molecule has 2 heteroatoms. The summed E-state index contributed by atoms with van der Waals surface area (Å²) in [6.07, 6.45) is 8.36. The van der Waals surface area contributed by atoms with Crippen LogP contribution in [0.4, 0.5) is 5.69 Å². The number of nitrogens with zero attached hydrogens (tertiary/aromatic N) is 1. The van der Waals surface area contributed by atoms with Gasteiger partial charge in [0.15, 0.2) is 0 Å². The minimum atomic E-state index is 0.659. The van der Waals surface area contributed by atoms with Crippen LogP contribution in [0.15, 0.2) is 18.2 Å². The second-order valence-electron chi connectivity index (χ2n) is 6.70. The van der Waals surface area contributed by atoms with Crippen molar-refractivity contribution in [3.05, 3.63) is 29.3 Å². The van der Waals surface area contributed by atoms with Crippen LogP contribution in [-0.2, 0) is 13.0 Å². The van der Waals surface area contributed by atoms with Crippen LogP contribution in [0.5, 0.6) is 0 Å². The van der Waals surface area contributed by atoms with Gasteiger partial charge in [-0.3, -0.25) is 0 Å². The van der Waals surface area contributed by atoms with Crippen molar-refractivity contribution >= 4 is 5.69 Å². The highest BCUT2D eigenvalue weighted by atomic mass is 15.1. The van der Waals surface area contributed by atoms with Gasteiger partial charge in [0, 0.05) is 31.9 Å². The Morgan fingerprint density at radius 2 is 2.05 bits per heavy atom. The molecule has 0 aromatic heterocycles. The SMILES string of the molecule is C[C@@H](NCc1ccc2c(c1)CCN2C)C1CCCCC1. The Hall–Kier alpha value is -1.02. The molecule has 20 heavy (non-hydrogen) atoms. The Balaban J connectivity index is 1.55. The number of hydrogen-bond donors (Lipinski definition) is 1. The first-order valence-electron chi connectivity index (χ1n) is 8.30. The molecule has 1 saturated carbocycles. The summed E-state index contributed by atoms with van der Waals surface area (Å²) >= 11 is 0. The van der Waals surface area contributed by atoms with Gasteiger partial charge in [0.2, 0.25) is 0 Å². The molecule has 1 aliphatic heterocycles. The molecule has 2 nitrogen and oxygen atoms in total. The maximum absolute atomic E-state index is 3.76. The van der Waals surface area contributed by atoms with Gasteiger partial charge in [0.25, 0.3) is 0 Å². The normalized spacial score (nSPS) is 21.0. The Labute approximate surface area is 123 Å². The van der Waals surface area contributed by atoms with Gasteiger partial charge in [-0.15, -0.1) is 0 Å². The van der Waals surface area contributed by atoms with Crippen molar-refractivity contribution in [1.82, 2.24) is 5.32 Å². The van der Waals surface area contributed by atoms with Crippen LogP contribution in [-0.4, -0.2) is 19.6 Å². The Morgan fingerprint density at radius 3 is 2.85 bits per heavy atom. The number of benzene rings is 1. The average molecular weight is 272 g/mol. The lowest BCUT2D eigenvalue weighted by molar-refractivity contribution is 0.280. The van der Waals surface area contributed by atoms with E-state index in [9.17, 15) is 0 Å². The summed E-state index contributed by atoms with van der Waals surface area (Å²) < 4.78 is 0. The van der Waals surface area contributed by atoms with Crippen LogP contribution in [0, 0.1) is 5.92 Å². The number of anilines is 1. The van der Waals surface area contributed by atoms with E-state index in [0.717, 1.165) is 12.5 Å². The summed E-state index contributed by atoms with van der Waals surface area (Å²) in [5, 5.41) is 3.76. The fourth-order valence-corrected chi connectivity index (χ4v) is 3.81. The average Bonchev–Trinajstić information content (AvgIpc) is 2.87. The van der Waals surface area contributed by atoms with E-state index < -0.39 is 0 Å². The summed E-state index contributed by atoms with van der Waals surface area (Å²) in [6.45, 7) is 4.57. The van der Waals surface area contributed by atoms with Crippen LogP contribution in [0.3, 0.4) is 0 Å².